The Balaban J connectivity index is 0.00000289. The quantitative estimate of drug-likeness (QED) is 0.208. The fraction of sp³-hybridized carbons (Fsp3) is 0.783. The topological polar surface area (TPSA) is 80.5 Å². The first kappa shape index (κ1) is 25.7. The highest BCUT2D eigenvalue weighted by atomic mass is 127. The van der Waals surface area contributed by atoms with E-state index >= 15 is 0 Å². The molecule has 3 heterocycles. The van der Waals surface area contributed by atoms with Gasteiger partial charge in [-0.05, 0) is 37.9 Å². The fourth-order valence-electron chi connectivity index (χ4n) is 4.52. The van der Waals surface area contributed by atoms with Crippen LogP contribution in [0.3, 0.4) is 0 Å². The van der Waals surface area contributed by atoms with Crippen LogP contribution in [0.5, 0.6) is 0 Å². The standard InChI is InChI=1S/C23H38N4O4.HI/c1-2-8-23(9-3-1)30-19-21(31-23)18-26-22(25-11-7-20-6-4-15-29-20)24-10-5-12-27-13-16-28-17-14-27;/h4,6,15,21H,1-3,5,7-14,16-19H2,(H2,24,25,26);1H. The van der Waals surface area contributed by atoms with Crippen molar-refractivity contribution in [2.45, 2.75) is 56.8 Å². The van der Waals surface area contributed by atoms with E-state index in [1.165, 1.54) is 19.3 Å². The van der Waals surface area contributed by atoms with Gasteiger partial charge in [-0.25, -0.2) is 0 Å². The predicted molar refractivity (Wildman–Crippen MR) is 135 cm³/mol. The first-order chi connectivity index (χ1) is 15.3. The van der Waals surface area contributed by atoms with E-state index in [9.17, 15) is 0 Å². The molecule has 3 fully saturated rings. The maximum absolute atomic E-state index is 6.29. The van der Waals surface area contributed by atoms with Gasteiger partial charge in [0.2, 0.25) is 0 Å². The molecule has 1 aromatic rings. The Hall–Kier alpha value is -0.880. The van der Waals surface area contributed by atoms with Gasteiger partial charge in [-0.1, -0.05) is 6.42 Å². The molecule has 1 aromatic heterocycles. The molecular formula is C23H39IN4O4. The van der Waals surface area contributed by atoms with Crippen molar-refractivity contribution < 1.29 is 18.6 Å². The largest absolute Gasteiger partial charge is 0.469 e. The van der Waals surface area contributed by atoms with E-state index in [-0.39, 0.29) is 35.9 Å². The van der Waals surface area contributed by atoms with Crippen LogP contribution in [0, 0.1) is 0 Å². The average molecular weight is 562 g/mol. The van der Waals surface area contributed by atoms with Gasteiger partial charge in [0.1, 0.15) is 11.9 Å². The number of hydrogen-bond acceptors (Lipinski definition) is 6. The SMILES string of the molecule is I.c1coc(CCNC(=NCC2COC3(CCCCC3)O2)NCCCN2CCOCC2)c1. The third-order valence-electron chi connectivity index (χ3n) is 6.27. The average Bonchev–Trinajstić information content (AvgIpc) is 3.46. The van der Waals surface area contributed by atoms with Crippen LogP contribution >= 0.6 is 24.0 Å². The molecule has 1 atom stereocenters. The van der Waals surface area contributed by atoms with Gasteiger partial charge >= 0.3 is 0 Å². The highest BCUT2D eigenvalue weighted by Gasteiger charge is 2.42. The smallest absolute Gasteiger partial charge is 0.191 e. The molecule has 1 saturated carbocycles. The molecule has 3 aliphatic rings. The summed E-state index contributed by atoms with van der Waals surface area (Å²) in [6.45, 7) is 7.75. The normalized spacial score (nSPS) is 23.8. The molecule has 2 N–H and O–H groups in total. The van der Waals surface area contributed by atoms with E-state index in [0.717, 1.165) is 83.3 Å². The Morgan fingerprint density at radius 2 is 1.94 bits per heavy atom. The van der Waals surface area contributed by atoms with Crippen LogP contribution in [0.4, 0.5) is 0 Å². The van der Waals surface area contributed by atoms with Crippen molar-refractivity contribution in [1.82, 2.24) is 15.5 Å². The van der Waals surface area contributed by atoms with Gasteiger partial charge in [-0.15, -0.1) is 24.0 Å². The summed E-state index contributed by atoms with van der Waals surface area (Å²) in [7, 11) is 0. The predicted octanol–water partition coefficient (Wildman–Crippen LogP) is 2.77. The van der Waals surface area contributed by atoms with Crippen LogP contribution in [0.25, 0.3) is 0 Å². The monoisotopic (exact) mass is 562 g/mol. The van der Waals surface area contributed by atoms with E-state index in [4.69, 9.17) is 23.6 Å². The summed E-state index contributed by atoms with van der Waals surface area (Å²) in [5.74, 6) is 1.48. The van der Waals surface area contributed by atoms with Gasteiger partial charge in [0, 0.05) is 45.4 Å². The molecular weight excluding hydrogens is 523 g/mol. The number of aliphatic imine (C=N–C) groups is 1. The first-order valence-corrected chi connectivity index (χ1v) is 12.0. The number of rotatable bonds is 9. The van der Waals surface area contributed by atoms with E-state index < -0.39 is 0 Å². The summed E-state index contributed by atoms with van der Waals surface area (Å²) in [6, 6.07) is 3.92. The lowest BCUT2D eigenvalue weighted by atomic mass is 9.94. The number of morpholine rings is 1. The van der Waals surface area contributed by atoms with E-state index in [1.54, 1.807) is 6.26 Å². The molecule has 1 aliphatic carbocycles. The van der Waals surface area contributed by atoms with Gasteiger partial charge < -0.3 is 29.3 Å². The first-order valence-electron chi connectivity index (χ1n) is 12.0. The number of halogens is 1. The maximum atomic E-state index is 6.29. The Morgan fingerprint density at radius 1 is 1.12 bits per heavy atom. The van der Waals surface area contributed by atoms with Crippen LogP contribution < -0.4 is 10.6 Å². The van der Waals surface area contributed by atoms with Crippen LogP contribution in [0.15, 0.2) is 27.8 Å². The molecule has 4 rings (SSSR count). The number of ether oxygens (including phenoxy) is 3. The summed E-state index contributed by atoms with van der Waals surface area (Å²) >= 11 is 0. The van der Waals surface area contributed by atoms with Crippen LogP contribution in [0.1, 0.15) is 44.3 Å². The third kappa shape index (κ3) is 8.16. The minimum absolute atomic E-state index is 0. The number of furan rings is 1. The van der Waals surface area contributed by atoms with Gasteiger partial charge in [-0.3, -0.25) is 9.89 Å². The summed E-state index contributed by atoms with van der Waals surface area (Å²) < 4.78 is 23.2. The summed E-state index contributed by atoms with van der Waals surface area (Å²) in [5.41, 5.74) is 0. The van der Waals surface area contributed by atoms with Gasteiger partial charge in [0.05, 0.1) is 32.6 Å². The molecule has 9 heteroatoms. The number of hydrogen-bond donors (Lipinski definition) is 2. The van der Waals surface area contributed by atoms with Crippen molar-refractivity contribution in [3.63, 3.8) is 0 Å². The highest BCUT2D eigenvalue weighted by molar-refractivity contribution is 14.0. The van der Waals surface area contributed by atoms with Crippen molar-refractivity contribution in [2.24, 2.45) is 4.99 Å². The van der Waals surface area contributed by atoms with Crippen LogP contribution in [-0.4, -0.2) is 81.8 Å². The molecule has 0 radical (unpaired) electrons. The molecule has 0 amide bonds. The molecule has 0 aromatic carbocycles. The molecule has 8 nitrogen and oxygen atoms in total. The number of guanidine groups is 1. The molecule has 1 spiro atoms. The maximum Gasteiger partial charge on any atom is 0.191 e. The molecule has 2 saturated heterocycles. The van der Waals surface area contributed by atoms with E-state index in [1.807, 2.05) is 12.1 Å². The van der Waals surface area contributed by atoms with Crippen LogP contribution in [0.2, 0.25) is 0 Å². The zero-order chi connectivity index (χ0) is 21.2. The zero-order valence-corrected chi connectivity index (χ0v) is 21.4. The summed E-state index contributed by atoms with van der Waals surface area (Å²) in [6.07, 6.45) is 9.36. The summed E-state index contributed by atoms with van der Waals surface area (Å²) in [4.78, 5) is 7.27. The third-order valence-corrected chi connectivity index (χ3v) is 6.27. The van der Waals surface area contributed by atoms with Crippen LogP contribution in [-0.2, 0) is 20.6 Å². The Bertz CT molecular complexity index is 661. The Morgan fingerprint density at radius 3 is 2.72 bits per heavy atom. The summed E-state index contributed by atoms with van der Waals surface area (Å²) in [5, 5.41) is 6.93. The van der Waals surface area contributed by atoms with E-state index in [2.05, 4.69) is 15.5 Å². The molecule has 0 bridgehead atoms. The van der Waals surface area contributed by atoms with E-state index in [0.29, 0.717) is 13.2 Å². The molecule has 32 heavy (non-hydrogen) atoms. The Labute approximate surface area is 208 Å². The lowest BCUT2D eigenvalue weighted by Gasteiger charge is -2.31. The van der Waals surface area contributed by atoms with Crippen molar-refractivity contribution in [3.8, 4) is 0 Å². The molecule has 1 unspecified atom stereocenters. The van der Waals surface area contributed by atoms with Gasteiger partial charge in [-0.2, -0.15) is 0 Å². The zero-order valence-electron chi connectivity index (χ0n) is 19.1. The minimum atomic E-state index is -0.336. The molecule has 182 valence electrons. The lowest BCUT2D eigenvalue weighted by molar-refractivity contribution is -0.186. The second-order valence-electron chi connectivity index (χ2n) is 8.70. The van der Waals surface area contributed by atoms with Crippen molar-refractivity contribution in [2.75, 3.05) is 59.1 Å². The van der Waals surface area contributed by atoms with Crippen molar-refractivity contribution >= 4 is 29.9 Å². The van der Waals surface area contributed by atoms with Gasteiger partial charge in [0.25, 0.3) is 0 Å². The van der Waals surface area contributed by atoms with Crippen molar-refractivity contribution in [3.05, 3.63) is 24.2 Å². The lowest BCUT2D eigenvalue weighted by Crippen LogP contribution is -2.41. The number of nitrogens with one attached hydrogen (secondary N) is 2. The second-order valence-corrected chi connectivity index (χ2v) is 8.70. The fourth-order valence-corrected chi connectivity index (χ4v) is 4.52. The van der Waals surface area contributed by atoms with Gasteiger partial charge in [0.15, 0.2) is 11.7 Å². The highest BCUT2D eigenvalue weighted by Crippen LogP contribution is 2.37. The Kier molecular flexibility index (Phi) is 11.0. The second kappa shape index (κ2) is 13.7. The minimum Gasteiger partial charge on any atom is -0.469 e. The van der Waals surface area contributed by atoms with Crippen molar-refractivity contribution in [1.29, 1.82) is 0 Å². The molecule has 2 aliphatic heterocycles. The number of nitrogens with zero attached hydrogens (tertiary/aromatic N) is 2.